The quantitative estimate of drug-likeness (QED) is 0.241. The van der Waals surface area contributed by atoms with Crippen molar-refractivity contribution in [2.45, 2.75) is 54.6 Å². The van der Waals surface area contributed by atoms with Crippen LogP contribution in [0.5, 0.6) is 34.5 Å². The molecule has 3 aromatic rings. The maximum Gasteiger partial charge on any atom is 1.00 e. The molecule has 13 nitrogen and oxygen atoms in total. The summed E-state index contributed by atoms with van der Waals surface area (Å²) in [5.41, 5.74) is 12.2. The number of amidine groups is 1. The predicted octanol–water partition coefficient (Wildman–Crippen LogP) is 2.99. The van der Waals surface area contributed by atoms with Gasteiger partial charge in [0.25, 0.3) is 0 Å². The van der Waals surface area contributed by atoms with Gasteiger partial charge in [0.15, 0.2) is 51.9 Å². The van der Waals surface area contributed by atoms with Crippen molar-refractivity contribution in [2.75, 3.05) is 39.6 Å². The molecule has 0 unspecified atom stereocenters. The van der Waals surface area contributed by atoms with Crippen molar-refractivity contribution in [3.63, 3.8) is 0 Å². The van der Waals surface area contributed by atoms with Gasteiger partial charge in [-0.25, -0.2) is 13.2 Å². The van der Waals surface area contributed by atoms with Crippen LogP contribution in [0.4, 0.5) is 13.2 Å². The Hall–Kier alpha value is -4.89. The molecule has 0 aromatic heterocycles. The molecule has 4 rings (SSSR count). The monoisotopic (exact) mass is 750 g/mol. The molecule has 0 radical (unpaired) electrons. The Kier molecular flexibility index (Phi) is 22.1. The van der Waals surface area contributed by atoms with Crippen molar-refractivity contribution in [1.29, 1.82) is 15.8 Å². The van der Waals surface area contributed by atoms with Gasteiger partial charge in [-0.1, -0.05) is 0 Å². The summed E-state index contributed by atoms with van der Waals surface area (Å²) in [4.78, 5) is 4.01. The molecule has 280 valence electrons. The summed E-state index contributed by atoms with van der Waals surface area (Å²) in [6.07, 6.45) is 0. The van der Waals surface area contributed by atoms with Gasteiger partial charge in [-0.15, -0.1) is 0 Å². The molecule has 3 aromatic carbocycles. The zero-order chi connectivity index (χ0) is 38.1. The Morgan fingerprint density at radius 1 is 0.642 bits per heavy atom. The number of fused-ring (bicyclic) bond motifs is 1. The molecule has 5 N–H and O–H groups in total. The largest absolute Gasteiger partial charge is 1.00 e. The van der Waals surface area contributed by atoms with Crippen LogP contribution in [0.2, 0.25) is 0 Å². The number of halogens is 3. The van der Waals surface area contributed by atoms with Gasteiger partial charge >= 0.3 is 29.6 Å². The van der Waals surface area contributed by atoms with E-state index in [1.807, 2.05) is 6.92 Å². The van der Waals surface area contributed by atoms with E-state index in [4.69, 9.17) is 55.7 Å². The maximum atomic E-state index is 14.2. The van der Waals surface area contributed by atoms with E-state index in [0.29, 0.717) is 56.5 Å². The number of nitrogens with two attached hydrogens (primary N) is 2. The van der Waals surface area contributed by atoms with Crippen LogP contribution in [0.25, 0.3) is 0 Å². The average Bonchev–Trinajstić information content (AvgIpc) is 3.50. The Bertz CT molecular complexity index is 1840. The van der Waals surface area contributed by atoms with Crippen LogP contribution in [0.15, 0.2) is 23.2 Å². The summed E-state index contributed by atoms with van der Waals surface area (Å²) in [6.45, 7) is 13.1. The van der Waals surface area contributed by atoms with Crippen molar-refractivity contribution in [1.82, 2.24) is 0 Å². The van der Waals surface area contributed by atoms with Crippen molar-refractivity contribution in [2.24, 2.45) is 16.5 Å². The molecule has 1 aliphatic rings. The Morgan fingerprint density at radius 3 is 1.47 bits per heavy atom. The summed E-state index contributed by atoms with van der Waals surface area (Å²) < 4.78 is 73.5. The standard InChI is InChI=1S/2C12H15FN2O2.C12H11FN2O2.Na.H2O/c1-3-16-8-5-7-6-15-12(14)9(7)10(13)11(8)17-4-2;2*1-3-16-10-5-8(6-14)9(7-15)11(13)12(10)17-4-2;;/h5H,3-4,6H2,1-2H3,(H2,14,15);5H,3-4,6,14H2,1-2H3;5H,3-4H2,1-2H3;;1H2/q;;;+1;/p-1. The molecule has 17 heteroatoms. The van der Waals surface area contributed by atoms with Crippen LogP contribution in [-0.4, -0.2) is 51.0 Å². The molecule has 0 bridgehead atoms. The molecule has 1 heterocycles. The smallest absolute Gasteiger partial charge is 0.870 e. The minimum absolute atomic E-state index is 0. The van der Waals surface area contributed by atoms with E-state index in [9.17, 15) is 13.2 Å². The first-order valence-corrected chi connectivity index (χ1v) is 16.1. The van der Waals surface area contributed by atoms with Gasteiger partial charge in [0.2, 0.25) is 0 Å². The van der Waals surface area contributed by atoms with Gasteiger partial charge in [-0.3, -0.25) is 4.99 Å². The molecule has 53 heavy (non-hydrogen) atoms. The molecule has 0 amide bonds. The van der Waals surface area contributed by atoms with E-state index < -0.39 is 17.5 Å². The second-order valence-electron chi connectivity index (χ2n) is 9.88. The molecule has 0 atom stereocenters. The molecule has 0 spiro atoms. The second-order valence-corrected chi connectivity index (χ2v) is 9.88. The Balaban J connectivity index is 0.000000751. The maximum absolute atomic E-state index is 14.2. The van der Waals surface area contributed by atoms with Crippen LogP contribution in [0, 0.1) is 51.4 Å². The molecule has 0 fully saturated rings. The molecular formula is C36H42F3N6NaO7. The second kappa shape index (κ2) is 24.4. The third-order valence-corrected chi connectivity index (χ3v) is 6.73. The van der Waals surface area contributed by atoms with Crippen molar-refractivity contribution < 1.29 is 76.6 Å². The normalized spacial score (nSPS) is 10.4. The number of rotatable bonds is 13. The molecule has 0 saturated carbocycles. The fourth-order valence-electron chi connectivity index (χ4n) is 4.68. The number of nitriles is 3. The molecular weight excluding hydrogens is 708 g/mol. The minimum atomic E-state index is -0.850. The van der Waals surface area contributed by atoms with Crippen LogP contribution >= 0.6 is 0 Å². The fraction of sp³-hybridized carbons (Fsp3) is 0.389. The van der Waals surface area contributed by atoms with Crippen LogP contribution in [-0.2, 0) is 13.1 Å². The summed E-state index contributed by atoms with van der Waals surface area (Å²) in [5, 5.41) is 26.5. The Morgan fingerprint density at radius 2 is 1.06 bits per heavy atom. The summed E-state index contributed by atoms with van der Waals surface area (Å²) in [7, 11) is 0. The van der Waals surface area contributed by atoms with Gasteiger partial charge in [-0.2, -0.15) is 15.8 Å². The number of aliphatic imine (C=N–C) groups is 1. The average molecular weight is 751 g/mol. The summed E-state index contributed by atoms with van der Waals surface area (Å²) in [5.74, 6) is -1.00. The number of hydrogen-bond donors (Lipinski definition) is 2. The third kappa shape index (κ3) is 11.8. The van der Waals surface area contributed by atoms with Crippen molar-refractivity contribution in [3.8, 4) is 52.7 Å². The summed E-state index contributed by atoms with van der Waals surface area (Å²) >= 11 is 0. The Labute approximate surface area is 329 Å². The van der Waals surface area contributed by atoms with Gasteiger partial charge in [0.1, 0.15) is 29.6 Å². The third-order valence-electron chi connectivity index (χ3n) is 6.73. The zero-order valence-corrected chi connectivity index (χ0v) is 32.9. The summed E-state index contributed by atoms with van der Waals surface area (Å²) in [6, 6.07) is 9.81. The van der Waals surface area contributed by atoms with Crippen LogP contribution in [0.1, 0.15) is 74.9 Å². The molecule has 1 aliphatic heterocycles. The fourth-order valence-corrected chi connectivity index (χ4v) is 4.68. The topological polar surface area (TPSA) is 221 Å². The molecule has 0 saturated heterocycles. The van der Waals surface area contributed by atoms with Gasteiger partial charge in [0, 0.05) is 12.6 Å². The van der Waals surface area contributed by atoms with E-state index in [1.54, 1.807) is 65.0 Å². The van der Waals surface area contributed by atoms with Crippen molar-refractivity contribution in [3.05, 3.63) is 69.0 Å². The van der Waals surface area contributed by atoms with Gasteiger partial charge in [0.05, 0.1) is 62.9 Å². The van der Waals surface area contributed by atoms with Gasteiger partial charge < -0.3 is 45.4 Å². The number of nitrogens with zero attached hydrogens (tertiary/aromatic N) is 4. The van der Waals surface area contributed by atoms with E-state index >= 15 is 0 Å². The number of ether oxygens (including phenoxy) is 6. The first-order valence-electron chi connectivity index (χ1n) is 16.1. The minimum Gasteiger partial charge on any atom is -0.870 e. The van der Waals surface area contributed by atoms with Gasteiger partial charge in [-0.05, 0) is 64.8 Å². The predicted molar refractivity (Wildman–Crippen MR) is 185 cm³/mol. The SMILES string of the molecule is CCOc1cc(C#N)c(C#N)c(F)c1OCC.CCOc1cc(CN)c(C#N)c(F)c1OCC.CCOc1cc2c(c(F)c1OCC)C(N)=NC2.[Na+].[OH-]. The zero-order valence-electron chi connectivity index (χ0n) is 30.9. The van der Waals surface area contributed by atoms with E-state index in [0.717, 1.165) is 5.56 Å². The van der Waals surface area contributed by atoms with E-state index in [-0.39, 0.29) is 99.5 Å². The van der Waals surface area contributed by atoms with E-state index in [1.165, 1.54) is 6.07 Å². The van der Waals surface area contributed by atoms with Crippen molar-refractivity contribution >= 4 is 5.84 Å². The molecule has 0 aliphatic carbocycles. The first-order chi connectivity index (χ1) is 24.6. The number of benzene rings is 3. The van der Waals surface area contributed by atoms with Crippen LogP contribution < -0.4 is 69.4 Å². The first kappa shape index (κ1) is 48.1. The number of hydrogen-bond acceptors (Lipinski definition) is 13. The van der Waals surface area contributed by atoms with E-state index in [2.05, 4.69) is 4.99 Å². The van der Waals surface area contributed by atoms with Crippen LogP contribution in [0.3, 0.4) is 0 Å².